The maximum absolute atomic E-state index is 11.7. The first-order chi connectivity index (χ1) is 6.19. The quantitative estimate of drug-likeness (QED) is 0.657. The standard InChI is InChI=1S/C10H22N2O2/c1-9(2,3)14-8(13)10(4,5)12-7-6-11/h12H,6-7,11H2,1-5H3. The molecule has 0 bridgehead atoms. The van der Waals surface area contributed by atoms with Gasteiger partial charge in [-0.1, -0.05) is 0 Å². The molecule has 0 spiro atoms. The number of nitrogens with one attached hydrogen (secondary N) is 1. The van der Waals surface area contributed by atoms with Crippen LogP contribution in [0.15, 0.2) is 0 Å². The maximum Gasteiger partial charge on any atom is 0.326 e. The van der Waals surface area contributed by atoms with Crippen LogP contribution in [0.25, 0.3) is 0 Å². The number of carbonyl (C=O) groups excluding carboxylic acids is 1. The number of carbonyl (C=O) groups is 1. The Morgan fingerprint density at radius 1 is 1.29 bits per heavy atom. The van der Waals surface area contributed by atoms with Gasteiger partial charge in [0, 0.05) is 13.1 Å². The molecule has 0 atom stereocenters. The molecule has 3 N–H and O–H groups in total. The Balaban J connectivity index is 4.21. The molecule has 0 radical (unpaired) electrons. The summed E-state index contributed by atoms with van der Waals surface area (Å²) < 4.78 is 5.26. The van der Waals surface area contributed by atoms with Crippen LogP contribution in [0.2, 0.25) is 0 Å². The molecular weight excluding hydrogens is 180 g/mol. The van der Waals surface area contributed by atoms with Gasteiger partial charge in [0.2, 0.25) is 0 Å². The fourth-order valence-corrected chi connectivity index (χ4v) is 0.863. The first kappa shape index (κ1) is 13.4. The summed E-state index contributed by atoms with van der Waals surface area (Å²) in [6.07, 6.45) is 0. The van der Waals surface area contributed by atoms with Crippen molar-refractivity contribution in [3.63, 3.8) is 0 Å². The second kappa shape index (κ2) is 4.75. The Labute approximate surface area is 86.2 Å². The summed E-state index contributed by atoms with van der Waals surface area (Å²) in [5.74, 6) is -0.251. The van der Waals surface area contributed by atoms with E-state index in [1.165, 1.54) is 0 Å². The van der Waals surface area contributed by atoms with E-state index in [1.807, 2.05) is 20.8 Å². The van der Waals surface area contributed by atoms with Crippen LogP contribution in [-0.4, -0.2) is 30.2 Å². The molecule has 0 aromatic carbocycles. The number of hydrogen-bond donors (Lipinski definition) is 2. The Hall–Kier alpha value is -0.610. The molecule has 0 fully saturated rings. The molecule has 0 saturated heterocycles. The van der Waals surface area contributed by atoms with Crippen LogP contribution >= 0.6 is 0 Å². The maximum atomic E-state index is 11.7. The van der Waals surface area contributed by atoms with Gasteiger partial charge >= 0.3 is 5.97 Å². The Morgan fingerprint density at radius 2 is 1.79 bits per heavy atom. The summed E-state index contributed by atoms with van der Waals surface area (Å²) in [6, 6.07) is 0. The zero-order valence-corrected chi connectivity index (χ0v) is 9.81. The van der Waals surface area contributed by atoms with E-state index in [2.05, 4.69) is 5.32 Å². The predicted molar refractivity (Wildman–Crippen MR) is 57.0 cm³/mol. The fourth-order valence-electron chi connectivity index (χ4n) is 0.863. The average molecular weight is 202 g/mol. The van der Waals surface area contributed by atoms with Crippen LogP contribution in [-0.2, 0) is 9.53 Å². The lowest BCUT2D eigenvalue weighted by Gasteiger charge is -2.29. The van der Waals surface area contributed by atoms with Gasteiger partial charge in [0.25, 0.3) is 0 Å². The highest BCUT2D eigenvalue weighted by Gasteiger charge is 2.31. The lowest BCUT2D eigenvalue weighted by atomic mass is 10.1. The largest absolute Gasteiger partial charge is 0.459 e. The molecule has 4 nitrogen and oxygen atoms in total. The molecule has 0 aliphatic carbocycles. The summed E-state index contributed by atoms with van der Waals surface area (Å²) in [7, 11) is 0. The van der Waals surface area contributed by atoms with Crippen LogP contribution in [0.4, 0.5) is 0 Å². The van der Waals surface area contributed by atoms with Crippen molar-refractivity contribution in [3.05, 3.63) is 0 Å². The van der Waals surface area contributed by atoms with Gasteiger partial charge in [-0.15, -0.1) is 0 Å². The molecule has 0 unspecified atom stereocenters. The summed E-state index contributed by atoms with van der Waals surface area (Å²) >= 11 is 0. The molecule has 14 heavy (non-hydrogen) atoms. The van der Waals surface area contributed by atoms with E-state index in [1.54, 1.807) is 13.8 Å². The van der Waals surface area contributed by atoms with Crippen molar-refractivity contribution in [3.8, 4) is 0 Å². The van der Waals surface area contributed by atoms with E-state index >= 15 is 0 Å². The SMILES string of the molecule is CC(C)(C)OC(=O)C(C)(C)NCCN. The molecule has 0 aromatic rings. The number of rotatable bonds is 4. The van der Waals surface area contributed by atoms with Gasteiger partial charge in [0.05, 0.1) is 0 Å². The minimum Gasteiger partial charge on any atom is -0.459 e. The number of hydrogen-bond acceptors (Lipinski definition) is 4. The smallest absolute Gasteiger partial charge is 0.326 e. The zero-order valence-electron chi connectivity index (χ0n) is 9.81. The van der Waals surface area contributed by atoms with Crippen LogP contribution in [0.1, 0.15) is 34.6 Å². The number of esters is 1. The molecule has 0 rings (SSSR count). The van der Waals surface area contributed by atoms with E-state index in [0.717, 1.165) is 0 Å². The van der Waals surface area contributed by atoms with Crippen molar-refractivity contribution in [1.29, 1.82) is 0 Å². The van der Waals surface area contributed by atoms with Gasteiger partial charge in [-0.25, -0.2) is 0 Å². The lowest BCUT2D eigenvalue weighted by Crippen LogP contribution is -2.51. The molecule has 0 aliphatic rings. The van der Waals surface area contributed by atoms with Crippen molar-refractivity contribution in [2.45, 2.75) is 45.8 Å². The fraction of sp³-hybridized carbons (Fsp3) is 0.900. The summed E-state index contributed by atoms with van der Waals surface area (Å²) in [5.41, 5.74) is 4.23. The van der Waals surface area contributed by atoms with Crippen LogP contribution in [0.3, 0.4) is 0 Å². The summed E-state index contributed by atoms with van der Waals surface area (Å²) in [5, 5.41) is 3.03. The molecule has 0 aromatic heterocycles. The Kier molecular flexibility index (Phi) is 4.55. The Morgan fingerprint density at radius 3 is 2.14 bits per heavy atom. The minimum absolute atomic E-state index is 0.251. The minimum atomic E-state index is -0.674. The second-order valence-electron chi connectivity index (χ2n) is 4.84. The normalized spacial score (nSPS) is 12.7. The average Bonchev–Trinajstić information content (AvgIpc) is 1.97. The van der Waals surface area contributed by atoms with Crippen molar-refractivity contribution in [2.24, 2.45) is 5.73 Å². The Bertz CT molecular complexity index is 195. The number of nitrogens with two attached hydrogens (primary N) is 1. The van der Waals surface area contributed by atoms with Crippen molar-refractivity contribution in [2.75, 3.05) is 13.1 Å². The number of ether oxygens (including phenoxy) is 1. The van der Waals surface area contributed by atoms with Gasteiger partial charge in [-0.05, 0) is 34.6 Å². The van der Waals surface area contributed by atoms with E-state index < -0.39 is 11.1 Å². The van der Waals surface area contributed by atoms with Crippen molar-refractivity contribution in [1.82, 2.24) is 5.32 Å². The molecular formula is C10H22N2O2. The molecule has 0 heterocycles. The third-order valence-corrected chi connectivity index (χ3v) is 1.62. The van der Waals surface area contributed by atoms with Gasteiger partial charge < -0.3 is 15.8 Å². The molecule has 0 saturated carbocycles. The monoisotopic (exact) mass is 202 g/mol. The third-order valence-electron chi connectivity index (χ3n) is 1.62. The topological polar surface area (TPSA) is 64.3 Å². The predicted octanol–water partition coefficient (Wildman–Crippen LogP) is 0.655. The van der Waals surface area contributed by atoms with Crippen molar-refractivity contribution >= 4 is 5.97 Å². The molecule has 84 valence electrons. The highest BCUT2D eigenvalue weighted by atomic mass is 16.6. The second-order valence-corrected chi connectivity index (χ2v) is 4.84. The van der Waals surface area contributed by atoms with E-state index in [4.69, 9.17) is 10.5 Å². The van der Waals surface area contributed by atoms with Gasteiger partial charge in [0.15, 0.2) is 0 Å². The lowest BCUT2D eigenvalue weighted by molar-refractivity contribution is -0.161. The first-order valence-corrected chi connectivity index (χ1v) is 4.87. The van der Waals surface area contributed by atoms with Crippen LogP contribution < -0.4 is 11.1 Å². The van der Waals surface area contributed by atoms with Gasteiger partial charge in [0.1, 0.15) is 11.1 Å². The third kappa shape index (κ3) is 5.19. The first-order valence-electron chi connectivity index (χ1n) is 4.87. The van der Waals surface area contributed by atoms with Gasteiger partial charge in [-0.2, -0.15) is 0 Å². The van der Waals surface area contributed by atoms with Crippen molar-refractivity contribution < 1.29 is 9.53 Å². The molecule has 0 aliphatic heterocycles. The summed E-state index contributed by atoms with van der Waals surface area (Å²) in [6.45, 7) is 10.2. The summed E-state index contributed by atoms with van der Waals surface area (Å²) in [4.78, 5) is 11.7. The zero-order chi connectivity index (χ0) is 11.4. The molecule has 0 amide bonds. The molecule has 4 heteroatoms. The van der Waals surface area contributed by atoms with Crippen LogP contribution in [0, 0.1) is 0 Å². The van der Waals surface area contributed by atoms with Gasteiger partial charge in [-0.3, -0.25) is 4.79 Å². The highest BCUT2D eigenvalue weighted by Crippen LogP contribution is 2.13. The van der Waals surface area contributed by atoms with E-state index in [0.29, 0.717) is 13.1 Å². The van der Waals surface area contributed by atoms with Crippen LogP contribution in [0.5, 0.6) is 0 Å². The van der Waals surface area contributed by atoms with E-state index in [9.17, 15) is 4.79 Å². The van der Waals surface area contributed by atoms with E-state index in [-0.39, 0.29) is 5.97 Å². The highest BCUT2D eigenvalue weighted by molar-refractivity contribution is 5.80.